The lowest BCUT2D eigenvalue weighted by Gasteiger charge is -2.08. The Hall–Kier alpha value is -2.76. The Morgan fingerprint density at radius 3 is 2.46 bits per heavy atom. The Morgan fingerprint density at radius 1 is 1.12 bits per heavy atom. The number of benzene rings is 2. The minimum absolute atomic E-state index is 0.303. The van der Waals surface area contributed by atoms with Gasteiger partial charge < -0.3 is 10.3 Å². The Bertz CT molecular complexity index is 870. The molecule has 1 amide bonds. The lowest BCUT2D eigenvalue weighted by Crippen LogP contribution is -2.11. The van der Waals surface area contributed by atoms with Gasteiger partial charge in [0.25, 0.3) is 12.3 Å². The standard InChI is InChI=1S/C18H17F2N3O/c1-10(2)11-3-6-13(7-4-11)21-18(24)12-5-8-14-15(9-12)23-17(22-14)16(19)20/h3-10,16H,1-2H3,(H,21,24)(H,22,23). The van der Waals surface area contributed by atoms with Gasteiger partial charge in [0.15, 0.2) is 5.82 Å². The van der Waals surface area contributed by atoms with Gasteiger partial charge in [0.2, 0.25) is 0 Å². The lowest BCUT2D eigenvalue weighted by molar-refractivity contribution is 0.102. The monoisotopic (exact) mass is 329 g/mol. The quantitative estimate of drug-likeness (QED) is 0.717. The van der Waals surface area contributed by atoms with Crippen LogP contribution in [0.15, 0.2) is 42.5 Å². The van der Waals surface area contributed by atoms with Crippen molar-refractivity contribution < 1.29 is 13.6 Å². The average Bonchev–Trinajstić information content (AvgIpc) is 2.98. The molecule has 0 aliphatic carbocycles. The molecule has 24 heavy (non-hydrogen) atoms. The van der Waals surface area contributed by atoms with Crippen LogP contribution in [-0.4, -0.2) is 15.9 Å². The van der Waals surface area contributed by atoms with Gasteiger partial charge in [0.05, 0.1) is 11.0 Å². The number of alkyl halides is 2. The molecule has 0 bridgehead atoms. The summed E-state index contributed by atoms with van der Waals surface area (Å²) in [5, 5.41) is 2.80. The fourth-order valence-electron chi connectivity index (χ4n) is 2.43. The van der Waals surface area contributed by atoms with Crippen LogP contribution in [0.5, 0.6) is 0 Å². The molecule has 124 valence electrons. The zero-order valence-corrected chi connectivity index (χ0v) is 13.3. The van der Waals surface area contributed by atoms with E-state index >= 15 is 0 Å². The molecule has 2 N–H and O–H groups in total. The number of anilines is 1. The van der Waals surface area contributed by atoms with Crippen LogP contribution in [0.3, 0.4) is 0 Å². The van der Waals surface area contributed by atoms with Crippen molar-refractivity contribution in [2.75, 3.05) is 5.32 Å². The third-order valence-electron chi connectivity index (χ3n) is 3.80. The number of carbonyl (C=O) groups is 1. The zero-order valence-electron chi connectivity index (χ0n) is 13.3. The predicted molar refractivity (Wildman–Crippen MR) is 89.5 cm³/mol. The second-order valence-corrected chi connectivity index (χ2v) is 5.89. The molecule has 1 aromatic heterocycles. The minimum Gasteiger partial charge on any atom is -0.337 e. The Morgan fingerprint density at radius 2 is 1.83 bits per heavy atom. The molecule has 3 aromatic rings. The summed E-state index contributed by atoms with van der Waals surface area (Å²) in [5.74, 6) is -0.282. The van der Waals surface area contributed by atoms with Crippen LogP contribution < -0.4 is 5.32 Å². The van der Waals surface area contributed by atoms with Crippen molar-refractivity contribution in [2.24, 2.45) is 0 Å². The summed E-state index contributed by atoms with van der Waals surface area (Å²) >= 11 is 0. The Kier molecular flexibility index (Phi) is 4.29. The summed E-state index contributed by atoms with van der Waals surface area (Å²) < 4.78 is 25.3. The fraction of sp³-hybridized carbons (Fsp3) is 0.222. The topological polar surface area (TPSA) is 57.8 Å². The van der Waals surface area contributed by atoms with Crippen molar-refractivity contribution in [3.05, 3.63) is 59.4 Å². The fourth-order valence-corrected chi connectivity index (χ4v) is 2.43. The van der Waals surface area contributed by atoms with E-state index in [4.69, 9.17) is 0 Å². The number of carbonyl (C=O) groups excluding carboxylic acids is 1. The molecule has 0 aliphatic rings. The van der Waals surface area contributed by atoms with E-state index in [0.717, 1.165) is 0 Å². The SMILES string of the molecule is CC(C)c1ccc(NC(=O)c2ccc3nc(C(F)F)[nH]c3c2)cc1. The van der Waals surface area contributed by atoms with Crippen molar-refractivity contribution >= 4 is 22.6 Å². The van der Waals surface area contributed by atoms with Crippen LogP contribution in [0.1, 0.15) is 47.9 Å². The first kappa shape index (κ1) is 16.1. The average molecular weight is 329 g/mol. The first-order chi connectivity index (χ1) is 11.4. The van der Waals surface area contributed by atoms with E-state index in [2.05, 4.69) is 29.1 Å². The van der Waals surface area contributed by atoms with E-state index in [1.54, 1.807) is 12.1 Å². The largest absolute Gasteiger partial charge is 0.337 e. The summed E-state index contributed by atoms with van der Waals surface area (Å²) in [6.45, 7) is 4.20. The molecule has 0 atom stereocenters. The minimum atomic E-state index is -2.67. The number of rotatable bonds is 4. The van der Waals surface area contributed by atoms with Crippen molar-refractivity contribution in [1.82, 2.24) is 9.97 Å². The number of amides is 1. The maximum absolute atomic E-state index is 12.7. The summed E-state index contributed by atoms with van der Waals surface area (Å²) in [6.07, 6.45) is -2.67. The summed E-state index contributed by atoms with van der Waals surface area (Å²) in [7, 11) is 0. The highest BCUT2D eigenvalue weighted by atomic mass is 19.3. The first-order valence-corrected chi connectivity index (χ1v) is 7.63. The molecule has 3 rings (SSSR count). The number of imidazole rings is 1. The van der Waals surface area contributed by atoms with Crippen LogP contribution in [-0.2, 0) is 0 Å². The van der Waals surface area contributed by atoms with E-state index in [9.17, 15) is 13.6 Å². The number of hydrogen-bond acceptors (Lipinski definition) is 2. The van der Waals surface area contributed by atoms with E-state index in [0.29, 0.717) is 28.2 Å². The maximum Gasteiger partial charge on any atom is 0.295 e. The molecule has 0 unspecified atom stereocenters. The normalized spacial score (nSPS) is 11.4. The van der Waals surface area contributed by atoms with Gasteiger partial charge in [-0.15, -0.1) is 0 Å². The molecule has 0 saturated carbocycles. The number of hydrogen-bond donors (Lipinski definition) is 2. The molecule has 4 nitrogen and oxygen atoms in total. The first-order valence-electron chi connectivity index (χ1n) is 7.63. The van der Waals surface area contributed by atoms with Gasteiger partial charge in [0, 0.05) is 11.3 Å². The van der Waals surface area contributed by atoms with E-state index in [1.165, 1.54) is 11.6 Å². The molecule has 0 fully saturated rings. The third-order valence-corrected chi connectivity index (χ3v) is 3.80. The van der Waals surface area contributed by atoms with Gasteiger partial charge in [-0.05, 0) is 41.8 Å². The summed E-state index contributed by atoms with van der Waals surface area (Å²) in [4.78, 5) is 18.6. The van der Waals surface area contributed by atoms with Crippen LogP contribution in [0.2, 0.25) is 0 Å². The summed E-state index contributed by atoms with van der Waals surface area (Å²) in [5.41, 5.74) is 3.06. The summed E-state index contributed by atoms with van der Waals surface area (Å²) in [6, 6.07) is 12.3. The van der Waals surface area contributed by atoms with Crippen molar-refractivity contribution in [3.63, 3.8) is 0 Å². The van der Waals surface area contributed by atoms with E-state index in [1.807, 2.05) is 24.3 Å². The number of aromatic nitrogens is 2. The van der Waals surface area contributed by atoms with Crippen molar-refractivity contribution in [2.45, 2.75) is 26.2 Å². The Labute approximate surface area is 137 Å². The molecule has 1 heterocycles. The lowest BCUT2D eigenvalue weighted by atomic mass is 10.0. The molecular formula is C18H17F2N3O. The van der Waals surface area contributed by atoms with Gasteiger partial charge in [-0.1, -0.05) is 26.0 Å². The molecule has 6 heteroatoms. The third kappa shape index (κ3) is 3.27. The molecule has 2 aromatic carbocycles. The molecule has 0 spiro atoms. The van der Waals surface area contributed by atoms with Crippen LogP contribution in [0.25, 0.3) is 11.0 Å². The number of H-pyrrole nitrogens is 1. The van der Waals surface area contributed by atoms with Gasteiger partial charge in [0.1, 0.15) is 0 Å². The van der Waals surface area contributed by atoms with Crippen LogP contribution in [0, 0.1) is 0 Å². The van der Waals surface area contributed by atoms with Gasteiger partial charge in [-0.3, -0.25) is 4.79 Å². The number of fused-ring (bicyclic) bond motifs is 1. The molecule has 0 radical (unpaired) electrons. The highest BCUT2D eigenvalue weighted by Gasteiger charge is 2.14. The van der Waals surface area contributed by atoms with Crippen LogP contribution in [0.4, 0.5) is 14.5 Å². The number of aromatic amines is 1. The van der Waals surface area contributed by atoms with Crippen molar-refractivity contribution in [3.8, 4) is 0 Å². The molecule has 0 saturated heterocycles. The van der Waals surface area contributed by atoms with Gasteiger partial charge >= 0.3 is 0 Å². The second-order valence-electron chi connectivity index (χ2n) is 5.89. The van der Waals surface area contributed by atoms with Gasteiger partial charge in [-0.2, -0.15) is 0 Å². The number of nitrogens with zero attached hydrogens (tertiary/aromatic N) is 1. The number of halogens is 2. The number of nitrogens with one attached hydrogen (secondary N) is 2. The second kappa shape index (κ2) is 6.39. The Balaban J connectivity index is 1.80. The molecule has 0 aliphatic heterocycles. The molecular weight excluding hydrogens is 312 g/mol. The highest BCUT2D eigenvalue weighted by molar-refractivity contribution is 6.05. The highest BCUT2D eigenvalue weighted by Crippen LogP contribution is 2.22. The predicted octanol–water partition coefficient (Wildman–Crippen LogP) is 4.88. The smallest absolute Gasteiger partial charge is 0.295 e. The zero-order chi connectivity index (χ0) is 17.3. The maximum atomic E-state index is 12.7. The van der Waals surface area contributed by atoms with E-state index < -0.39 is 12.2 Å². The van der Waals surface area contributed by atoms with Crippen molar-refractivity contribution in [1.29, 1.82) is 0 Å². The van der Waals surface area contributed by atoms with E-state index in [-0.39, 0.29) is 5.91 Å². The van der Waals surface area contributed by atoms with Crippen LogP contribution >= 0.6 is 0 Å². The van der Waals surface area contributed by atoms with Gasteiger partial charge in [-0.25, -0.2) is 13.8 Å².